The Balaban J connectivity index is 2.75. The van der Waals surface area contributed by atoms with Gasteiger partial charge in [0.25, 0.3) is 0 Å². The number of carbonyl (C=O) groups is 1. The normalized spacial score (nSPS) is 15.0. The van der Waals surface area contributed by atoms with E-state index in [1.807, 2.05) is 31.2 Å². The second-order valence-electron chi connectivity index (χ2n) is 6.98. The van der Waals surface area contributed by atoms with E-state index in [4.69, 9.17) is 13.9 Å². The Morgan fingerprint density at radius 3 is 2.00 bits per heavy atom. The van der Waals surface area contributed by atoms with E-state index in [1.54, 1.807) is 7.11 Å². The summed E-state index contributed by atoms with van der Waals surface area (Å²) < 4.78 is 17.1. The summed E-state index contributed by atoms with van der Waals surface area (Å²) in [4.78, 5) is 11.4. The molecule has 0 amide bonds. The summed E-state index contributed by atoms with van der Waals surface area (Å²) in [5.41, 5.74) is 0. The summed E-state index contributed by atoms with van der Waals surface area (Å²) >= 11 is 0. The molecule has 0 N–H and O–H groups in total. The fourth-order valence-electron chi connectivity index (χ4n) is 1.69. The number of hydrogen-bond donors (Lipinski definition) is 0. The average molecular weight is 324 g/mol. The van der Waals surface area contributed by atoms with Crippen LogP contribution in [0.1, 0.15) is 27.7 Å². The third kappa shape index (κ3) is 4.85. The number of hydrogen-bond acceptors (Lipinski definition) is 4. The van der Waals surface area contributed by atoms with Gasteiger partial charge in [0.05, 0.1) is 7.11 Å². The van der Waals surface area contributed by atoms with E-state index < -0.39 is 14.4 Å². The third-order valence-electron chi connectivity index (χ3n) is 4.22. The molecule has 0 aromatic heterocycles. The van der Waals surface area contributed by atoms with E-state index in [1.165, 1.54) is 0 Å². The molecule has 5 heteroatoms. The lowest BCUT2D eigenvalue weighted by Crippen LogP contribution is -2.48. The van der Waals surface area contributed by atoms with Gasteiger partial charge < -0.3 is 18.7 Å². The predicted octanol–water partition coefficient (Wildman–Crippen LogP) is 4.05. The molecule has 0 heterocycles. The lowest BCUT2D eigenvalue weighted by Gasteiger charge is -2.39. The lowest BCUT2D eigenvalue weighted by atomic mass is 10.2. The molecule has 0 aliphatic rings. The molecule has 4 nitrogen and oxygen atoms in total. The molecule has 1 aromatic carbocycles. The largest absolute Gasteiger partial charge is 0.497 e. The van der Waals surface area contributed by atoms with Crippen molar-refractivity contribution in [2.24, 2.45) is 0 Å². The van der Waals surface area contributed by atoms with Crippen LogP contribution in [0.15, 0.2) is 24.3 Å². The SMILES string of the molecule is COc1ccc(O[C@H](C)[C@H](C=O)O[Si](C)(C)C(C)(C)C)cc1. The molecule has 0 radical (unpaired) electrons. The van der Waals surface area contributed by atoms with Gasteiger partial charge in [0, 0.05) is 0 Å². The Kier molecular flexibility index (Phi) is 6.20. The van der Waals surface area contributed by atoms with E-state index in [2.05, 4.69) is 33.9 Å². The van der Waals surface area contributed by atoms with Gasteiger partial charge in [0.1, 0.15) is 23.7 Å². The van der Waals surface area contributed by atoms with E-state index in [-0.39, 0.29) is 11.1 Å². The summed E-state index contributed by atoms with van der Waals surface area (Å²) in [5, 5.41) is 0.0497. The highest BCUT2D eigenvalue weighted by Crippen LogP contribution is 2.37. The van der Waals surface area contributed by atoms with Crippen molar-refractivity contribution >= 4 is 14.6 Å². The second kappa shape index (κ2) is 7.29. The number of methoxy groups -OCH3 is 1. The quantitative estimate of drug-likeness (QED) is 0.560. The summed E-state index contributed by atoms with van der Waals surface area (Å²) in [7, 11) is -0.396. The average Bonchev–Trinajstić information content (AvgIpc) is 2.44. The van der Waals surface area contributed by atoms with Gasteiger partial charge in [-0.3, -0.25) is 0 Å². The Bertz CT molecular complexity index is 476. The fourth-order valence-corrected chi connectivity index (χ4v) is 2.97. The van der Waals surface area contributed by atoms with E-state index in [9.17, 15) is 4.79 Å². The minimum Gasteiger partial charge on any atom is -0.497 e. The lowest BCUT2D eigenvalue weighted by molar-refractivity contribution is -0.117. The molecular weight excluding hydrogens is 296 g/mol. The minimum atomic E-state index is -2.01. The van der Waals surface area contributed by atoms with Crippen molar-refractivity contribution in [1.82, 2.24) is 0 Å². The van der Waals surface area contributed by atoms with Gasteiger partial charge in [-0.1, -0.05) is 20.8 Å². The number of rotatable bonds is 7. The van der Waals surface area contributed by atoms with Crippen molar-refractivity contribution in [2.45, 2.75) is 58.0 Å². The van der Waals surface area contributed by atoms with Crippen LogP contribution in [0.4, 0.5) is 0 Å². The Hall–Kier alpha value is -1.33. The molecule has 0 saturated carbocycles. The number of benzene rings is 1. The predicted molar refractivity (Wildman–Crippen MR) is 91.2 cm³/mol. The Labute approximate surface area is 134 Å². The molecular formula is C17H28O4Si. The summed E-state index contributed by atoms with van der Waals surface area (Å²) in [6.45, 7) is 12.6. The van der Waals surface area contributed by atoms with Gasteiger partial charge >= 0.3 is 0 Å². The zero-order valence-electron chi connectivity index (χ0n) is 14.7. The van der Waals surface area contributed by atoms with Crippen molar-refractivity contribution in [3.8, 4) is 11.5 Å². The monoisotopic (exact) mass is 324 g/mol. The highest BCUT2D eigenvalue weighted by Gasteiger charge is 2.40. The van der Waals surface area contributed by atoms with Crippen LogP contribution >= 0.6 is 0 Å². The first-order chi connectivity index (χ1) is 10.1. The van der Waals surface area contributed by atoms with Gasteiger partial charge in [-0.25, -0.2) is 0 Å². The Morgan fingerprint density at radius 2 is 1.59 bits per heavy atom. The van der Waals surface area contributed by atoms with Gasteiger partial charge in [-0.15, -0.1) is 0 Å². The van der Waals surface area contributed by atoms with Crippen LogP contribution in [0.5, 0.6) is 11.5 Å². The van der Waals surface area contributed by atoms with Crippen molar-refractivity contribution in [1.29, 1.82) is 0 Å². The van der Waals surface area contributed by atoms with Crippen molar-refractivity contribution in [3.05, 3.63) is 24.3 Å². The molecule has 22 heavy (non-hydrogen) atoms. The third-order valence-corrected chi connectivity index (χ3v) is 8.69. The van der Waals surface area contributed by atoms with Crippen LogP contribution in [-0.2, 0) is 9.22 Å². The molecule has 0 fully saturated rings. The van der Waals surface area contributed by atoms with Crippen LogP contribution in [-0.4, -0.2) is 33.9 Å². The molecule has 2 atom stereocenters. The molecule has 124 valence electrons. The Morgan fingerprint density at radius 1 is 1.09 bits per heavy atom. The topological polar surface area (TPSA) is 44.8 Å². The summed E-state index contributed by atoms with van der Waals surface area (Å²) in [6.07, 6.45) is -0.0719. The number of ether oxygens (including phenoxy) is 2. The van der Waals surface area contributed by atoms with Crippen molar-refractivity contribution in [3.63, 3.8) is 0 Å². The summed E-state index contributed by atoms with van der Waals surface area (Å²) in [5.74, 6) is 1.46. The van der Waals surface area contributed by atoms with Gasteiger partial charge in [0.2, 0.25) is 0 Å². The molecule has 0 unspecified atom stereocenters. The van der Waals surface area contributed by atoms with Crippen molar-refractivity contribution < 1.29 is 18.7 Å². The van der Waals surface area contributed by atoms with E-state index >= 15 is 0 Å². The molecule has 0 aliphatic carbocycles. The van der Waals surface area contributed by atoms with E-state index in [0.717, 1.165) is 12.0 Å². The second-order valence-corrected chi connectivity index (χ2v) is 11.7. The highest BCUT2D eigenvalue weighted by atomic mass is 28.4. The van der Waals surface area contributed by atoms with Crippen LogP contribution in [0.25, 0.3) is 0 Å². The number of carbonyl (C=O) groups excluding carboxylic acids is 1. The maximum absolute atomic E-state index is 11.4. The number of aldehydes is 1. The molecule has 0 bridgehead atoms. The first kappa shape index (κ1) is 18.7. The molecule has 0 aliphatic heterocycles. The molecule has 0 spiro atoms. The molecule has 1 rings (SSSR count). The minimum absolute atomic E-state index is 0.0497. The molecule has 1 aromatic rings. The molecule has 0 saturated heterocycles. The maximum Gasteiger partial charge on any atom is 0.193 e. The first-order valence-corrected chi connectivity index (χ1v) is 10.5. The van der Waals surface area contributed by atoms with Crippen LogP contribution in [0, 0.1) is 0 Å². The zero-order valence-corrected chi connectivity index (χ0v) is 15.7. The maximum atomic E-state index is 11.4. The zero-order chi connectivity index (χ0) is 17.0. The van der Waals surface area contributed by atoms with Crippen molar-refractivity contribution in [2.75, 3.05) is 7.11 Å². The first-order valence-electron chi connectivity index (χ1n) is 7.54. The van der Waals surface area contributed by atoms with Gasteiger partial charge in [0.15, 0.2) is 14.6 Å². The van der Waals surface area contributed by atoms with Crippen LogP contribution in [0.3, 0.4) is 0 Å². The van der Waals surface area contributed by atoms with Crippen LogP contribution in [0.2, 0.25) is 18.1 Å². The fraction of sp³-hybridized carbons (Fsp3) is 0.588. The standard InChI is InChI=1S/C17H28O4Si/c1-13(20-15-10-8-14(19-5)9-11-15)16(12-18)21-22(6,7)17(2,3)4/h8-13,16H,1-7H3/t13-,16+/m1/s1. The smallest absolute Gasteiger partial charge is 0.193 e. The van der Waals surface area contributed by atoms with Crippen LogP contribution < -0.4 is 9.47 Å². The summed E-state index contributed by atoms with van der Waals surface area (Å²) in [6, 6.07) is 7.30. The van der Waals surface area contributed by atoms with Gasteiger partial charge in [-0.05, 0) is 49.3 Å². The van der Waals surface area contributed by atoms with E-state index in [0.29, 0.717) is 5.75 Å². The highest BCUT2D eigenvalue weighted by molar-refractivity contribution is 6.74. The van der Waals surface area contributed by atoms with Gasteiger partial charge in [-0.2, -0.15) is 0 Å².